The smallest absolute Gasteiger partial charge is 0.230 e. The van der Waals surface area contributed by atoms with Gasteiger partial charge in [0, 0.05) is 0 Å². The average Bonchev–Trinajstić information content (AvgIpc) is 2.81. The van der Waals surface area contributed by atoms with Gasteiger partial charge in [0.2, 0.25) is 6.79 Å². The van der Waals surface area contributed by atoms with Crippen LogP contribution in [0.5, 0.6) is 17.2 Å². The van der Waals surface area contributed by atoms with Crippen LogP contribution in [0.15, 0.2) is 72.8 Å². The predicted molar refractivity (Wildman–Crippen MR) is 114 cm³/mol. The fourth-order valence-electron chi connectivity index (χ4n) is 1.94. The zero-order chi connectivity index (χ0) is 22.9. The van der Waals surface area contributed by atoms with Crippen molar-refractivity contribution >= 4 is 11.4 Å². The standard InChI is InChI=1S/C15H10N2O2.C7H5NO.CH4O2/c1-17-13-4-8-15(9-5-13)19-11-18-14-6-2-12(10-16)3-7-14;1-8-6-2-4-7(9)5-3-6;2-1-3/h2-9H,11H2;2-5,9H;2-3H,1H2. The molecule has 31 heavy (non-hydrogen) atoms. The van der Waals surface area contributed by atoms with Crippen LogP contribution in [0.1, 0.15) is 5.56 Å². The molecule has 0 aliphatic heterocycles. The molecule has 0 atom stereocenters. The Morgan fingerprint density at radius 2 is 1.13 bits per heavy atom. The highest BCUT2D eigenvalue weighted by Crippen LogP contribution is 2.18. The van der Waals surface area contributed by atoms with Gasteiger partial charge in [0.1, 0.15) is 24.0 Å². The number of rotatable bonds is 4. The molecule has 3 aromatic carbocycles. The summed E-state index contributed by atoms with van der Waals surface area (Å²) < 4.78 is 10.7. The van der Waals surface area contributed by atoms with Gasteiger partial charge < -0.3 is 24.8 Å². The Balaban J connectivity index is 0.000000333. The number of hydrogen-bond acceptors (Lipinski definition) is 6. The summed E-state index contributed by atoms with van der Waals surface area (Å²) >= 11 is 0. The molecule has 0 saturated heterocycles. The summed E-state index contributed by atoms with van der Waals surface area (Å²) in [5.74, 6) is 1.47. The summed E-state index contributed by atoms with van der Waals surface area (Å²) in [6.07, 6.45) is 0. The van der Waals surface area contributed by atoms with Gasteiger partial charge in [0.25, 0.3) is 0 Å². The molecule has 3 N–H and O–H groups in total. The highest BCUT2D eigenvalue weighted by atomic mass is 16.7. The lowest BCUT2D eigenvalue weighted by Gasteiger charge is -2.08. The van der Waals surface area contributed by atoms with Crippen LogP contribution in [0, 0.1) is 24.5 Å². The van der Waals surface area contributed by atoms with E-state index in [0.717, 1.165) is 0 Å². The minimum atomic E-state index is -0.750. The number of ether oxygens (including phenoxy) is 2. The molecule has 3 aromatic rings. The summed E-state index contributed by atoms with van der Waals surface area (Å²) in [6, 6.07) is 21.8. The van der Waals surface area contributed by atoms with E-state index in [0.29, 0.717) is 28.4 Å². The largest absolute Gasteiger partial charge is 0.508 e. The molecule has 8 nitrogen and oxygen atoms in total. The third kappa shape index (κ3) is 9.98. The number of nitriles is 1. The number of aromatic hydroxyl groups is 1. The molecule has 0 aliphatic rings. The SMILES string of the molecule is OCO.[C-]#[N+]c1ccc(O)cc1.[C-]#[N+]c1ccc(OCOc2ccc(C#N)cc2)cc1. The van der Waals surface area contributed by atoms with Gasteiger partial charge in [-0.25, -0.2) is 9.69 Å². The molecule has 0 spiro atoms. The van der Waals surface area contributed by atoms with Crippen molar-refractivity contribution in [3.63, 3.8) is 0 Å². The first-order valence-corrected chi connectivity index (χ1v) is 8.67. The second-order valence-electron chi connectivity index (χ2n) is 5.42. The lowest BCUT2D eigenvalue weighted by atomic mass is 10.2. The summed E-state index contributed by atoms with van der Waals surface area (Å²) in [6.45, 7) is 12.7. The number of hydrogen-bond donors (Lipinski definition) is 3. The fourth-order valence-corrected chi connectivity index (χ4v) is 1.94. The average molecular weight is 417 g/mol. The lowest BCUT2D eigenvalue weighted by Crippen LogP contribution is -2.05. The van der Waals surface area contributed by atoms with Crippen molar-refractivity contribution < 1.29 is 24.8 Å². The van der Waals surface area contributed by atoms with Crippen LogP contribution in [0.2, 0.25) is 0 Å². The van der Waals surface area contributed by atoms with E-state index in [2.05, 4.69) is 9.69 Å². The molecule has 0 aromatic heterocycles. The van der Waals surface area contributed by atoms with Crippen LogP contribution >= 0.6 is 0 Å². The molecule has 0 radical (unpaired) electrons. The van der Waals surface area contributed by atoms with Gasteiger partial charge in [-0.2, -0.15) is 5.26 Å². The number of phenolic OH excluding ortho intramolecular Hbond substituents is 1. The quantitative estimate of drug-likeness (QED) is 0.429. The molecule has 0 aliphatic carbocycles. The summed E-state index contributed by atoms with van der Waals surface area (Å²) in [5.41, 5.74) is 1.70. The first-order chi connectivity index (χ1) is 15.1. The number of aliphatic hydroxyl groups excluding tert-OH is 1. The van der Waals surface area contributed by atoms with Crippen LogP contribution in [0.25, 0.3) is 9.69 Å². The van der Waals surface area contributed by atoms with Gasteiger partial charge in [-0.15, -0.1) is 0 Å². The van der Waals surface area contributed by atoms with Crippen molar-refractivity contribution in [2.75, 3.05) is 13.6 Å². The van der Waals surface area contributed by atoms with E-state index in [1.807, 2.05) is 6.07 Å². The lowest BCUT2D eigenvalue weighted by molar-refractivity contribution is 0.0773. The maximum absolute atomic E-state index is 8.75. The second-order valence-corrected chi connectivity index (χ2v) is 5.42. The van der Waals surface area contributed by atoms with Gasteiger partial charge in [-0.3, -0.25) is 0 Å². The van der Waals surface area contributed by atoms with Crippen LogP contribution in [-0.4, -0.2) is 28.9 Å². The summed E-state index contributed by atoms with van der Waals surface area (Å²) in [4.78, 5) is 6.44. The van der Waals surface area contributed by atoms with E-state index in [4.69, 9.17) is 43.2 Å². The summed E-state index contributed by atoms with van der Waals surface area (Å²) in [7, 11) is 0. The van der Waals surface area contributed by atoms with Crippen molar-refractivity contribution in [1.82, 2.24) is 0 Å². The molecule has 3 rings (SSSR count). The molecule has 0 amide bonds. The minimum Gasteiger partial charge on any atom is -0.508 e. The number of aliphatic hydroxyl groups is 2. The Morgan fingerprint density at radius 1 is 0.742 bits per heavy atom. The normalized spacial score (nSPS) is 8.61. The van der Waals surface area contributed by atoms with E-state index in [1.54, 1.807) is 60.7 Å². The van der Waals surface area contributed by atoms with E-state index in [9.17, 15) is 0 Å². The zero-order valence-electron chi connectivity index (χ0n) is 16.3. The van der Waals surface area contributed by atoms with E-state index < -0.39 is 6.79 Å². The molecule has 0 bridgehead atoms. The van der Waals surface area contributed by atoms with Gasteiger partial charge in [-0.1, -0.05) is 24.3 Å². The first-order valence-electron chi connectivity index (χ1n) is 8.67. The highest BCUT2D eigenvalue weighted by molar-refractivity contribution is 5.47. The molecule has 8 heteroatoms. The molecular weight excluding hydrogens is 398 g/mol. The molecule has 0 unspecified atom stereocenters. The van der Waals surface area contributed by atoms with E-state index >= 15 is 0 Å². The third-order valence-electron chi connectivity index (χ3n) is 3.38. The fraction of sp³-hybridized carbons (Fsp3) is 0.0870. The Kier molecular flexibility index (Phi) is 11.4. The van der Waals surface area contributed by atoms with Crippen molar-refractivity contribution in [3.05, 3.63) is 101 Å². The van der Waals surface area contributed by atoms with Gasteiger partial charge in [0.15, 0.2) is 11.4 Å². The van der Waals surface area contributed by atoms with Crippen LogP contribution in [0.4, 0.5) is 11.4 Å². The van der Waals surface area contributed by atoms with Crippen molar-refractivity contribution in [1.29, 1.82) is 5.26 Å². The van der Waals surface area contributed by atoms with Gasteiger partial charge in [0.05, 0.1) is 24.8 Å². The number of phenols is 1. The van der Waals surface area contributed by atoms with Crippen molar-refractivity contribution in [2.24, 2.45) is 0 Å². The maximum Gasteiger partial charge on any atom is 0.230 e. The number of nitrogens with zero attached hydrogens (tertiary/aromatic N) is 3. The Bertz CT molecular complexity index is 972. The highest BCUT2D eigenvalue weighted by Gasteiger charge is 1.97. The van der Waals surface area contributed by atoms with Gasteiger partial charge >= 0.3 is 0 Å². The monoisotopic (exact) mass is 417 g/mol. The van der Waals surface area contributed by atoms with Crippen LogP contribution in [0.3, 0.4) is 0 Å². The molecular formula is C23H19N3O5. The molecule has 0 saturated carbocycles. The Labute approximate surface area is 180 Å². The third-order valence-corrected chi connectivity index (χ3v) is 3.38. The van der Waals surface area contributed by atoms with E-state index in [-0.39, 0.29) is 12.5 Å². The van der Waals surface area contributed by atoms with Crippen LogP contribution < -0.4 is 9.47 Å². The topological polar surface area (TPSA) is 112 Å². The Hall–Kier alpha value is -4.55. The van der Waals surface area contributed by atoms with Gasteiger partial charge in [-0.05, 0) is 48.5 Å². The zero-order valence-corrected chi connectivity index (χ0v) is 16.3. The van der Waals surface area contributed by atoms with Crippen LogP contribution in [-0.2, 0) is 0 Å². The van der Waals surface area contributed by atoms with Crippen molar-refractivity contribution in [2.45, 2.75) is 0 Å². The molecule has 0 fully saturated rings. The second kappa shape index (κ2) is 14.4. The minimum absolute atomic E-state index is 0.0727. The Morgan fingerprint density at radius 3 is 1.52 bits per heavy atom. The maximum atomic E-state index is 8.75. The predicted octanol–water partition coefficient (Wildman–Crippen LogP) is 4.40. The van der Waals surface area contributed by atoms with Crippen molar-refractivity contribution in [3.8, 4) is 23.3 Å². The van der Waals surface area contributed by atoms with E-state index in [1.165, 1.54) is 12.1 Å². The molecule has 0 heterocycles. The number of benzene rings is 3. The first kappa shape index (κ1) is 24.5. The molecule has 156 valence electrons. The summed E-state index contributed by atoms with van der Waals surface area (Å²) in [5, 5.41) is 31.7.